The molecular formula is C17H17BrN2O5S2. The summed E-state index contributed by atoms with van der Waals surface area (Å²) in [5.74, 6) is -1.40. The van der Waals surface area contributed by atoms with Crippen molar-refractivity contribution in [3.05, 3.63) is 52.5 Å². The fraction of sp³-hybridized carbons (Fsp3) is 0.235. The normalized spacial score (nSPS) is 19.3. The highest BCUT2D eigenvalue weighted by atomic mass is 79.9. The van der Waals surface area contributed by atoms with Crippen LogP contribution in [0.25, 0.3) is 0 Å². The maximum absolute atomic E-state index is 12.7. The van der Waals surface area contributed by atoms with E-state index in [9.17, 15) is 21.6 Å². The summed E-state index contributed by atoms with van der Waals surface area (Å²) in [5.41, 5.74) is 0.861. The van der Waals surface area contributed by atoms with Crippen LogP contribution in [0.1, 0.15) is 12.5 Å². The van der Waals surface area contributed by atoms with Gasteiger partial charge in [-0.15, -0.1) is 0 Å². The fourth-order valence-corrected chi connectivity index (χ4v) is 6.40. The number of anilines is 2. The summed E-state index contributed by atoms with van der Waals surface area (Å²) in [6, 6.07) is 10.7. The molecule has 1 saturated heterocycles. The van der Waals surface area contributed by atoms with E-state index in [1.807, 2.05) is 0 Å². The van der Waals surface area contributed by atoms with Crippen molar-refractivity contribution in [3.8, 4) is 0 Å². The van der Waals surface area contributed by atoms with E-state index < -0.39 is 31.9 Å². The Bertz CT molecular complexity index is 1130. The lowest BCUT2D eigenvalue weighted by atomic mass is 10.2. The van der Waals surface area contributed by atoms with Gasteiger partial charge < -0.3 is 0 Å². The second kappa shape index (κ2) is 6.92. The summed E-state index contributed by atoms with van der Waals surface area (Å²) in [5, 5.41) is 0. The van der Waals surface area contributed by atoms with Crippen molar-refractivity contribution in [2.24, 2.45) is 5.92 Å². The Kier molecular flexibility index (Phi) is 5.08. The Morgan fingerprint density at radius 1 is 1.19 bits per heavy atom. The molecule has 2 aromatic rings. The van der Waals surface area contributed by atoms with E-state index in [0.717, 1.165) is 8.78 Å². The van der Waals surface area contributed by atoms with Gasteiger partial charge in [-0.1, -0.05) is 28.9 Å². The van der Waals surface area contributed by atoms with Gasteiger partial charge in [0.1, 0.15) is 0 Å². The standard InChI is InChI=1S/C17H17BrN2O5S2/c1-11-8-15(20-17(21)12(2)10-26(20,22)23)6-7-16(11)27(24,25)19-14-5-3-4-13(18)9-14/h3-9,12,19H,10H2,1-2H3. The highest BCUT2D eigenvalue weighted by Gasteiger charge is 2.42. The summed E-state index contributed by atoms with van der Waals surface area (Å²) in [6.45, 7) is 3.10. The summed E-state index contributed by atoms with van der Waals surface area (Å²) < 4.78 is 53.8. The monoisotopic (exact) mass is 472 g/mol. The van der Waals surface area contributed by atoms with E-state index in [1.165, 1.54) is 18.2 Å². The van der Waals surface area contributed by atoms with E-state index in [4.69, 9.17) is 0 Å². The molecule has 3 rings (SSSR count). The van der Waals surface area contributed by atoms with Gasteiger partial charge in [0.25, 0.3) is 10.0 Å². The molecule has 144 valence electrons. The second-order valence-corrected chi connectivity index (χ2v) is 10.8. The third-order valence-corrected chi connectivity index (χ3v) is 8.02. The molecule has 1 N–H and O–H groups in total. The molecule has 0 radical (unpaired) electrons. The Hall–Kier alpha value is -1.91. The summed E-state index contributed by atoms with van der Waals surface area (Å²) in [4.78, 5) is 12.2. The second-order valence-electron chi connectivity index (χ2n) is 6.35. The Balaban J connectivity index is 1.96. The highest BCUT2D eigenvalue weighted by molar-refractivity contribution is 9.10. The van der Waals surface area contributed by atoms with Gasteiger partial charge in [-0.2, -0.15) is 0 Å². The van der Waals surface area contributed by atoms with Crippen LogP contribution >= 0.6 is 15.9 Å². The van der Waals surface area contributed by atoms with Gasteiger partial charge in [-0.25, -0.2) is 21.1 Å². The first-order valence-corrected chi connectivity index (χ1v) is 11.9. The molecule has 0 saturated carbocycles. The minimum absolute atomic E-state index is 0.00307. The van der Waals surface area contributed by atoms with Crippen molar-refractivity contribution in [1.82, 2.24) is 0 Å². The molecule has 0 aliphatic carbocycles. The molecule has 1 amide bonds. The van der Waals surface area contributed by atoms with E-state index in [2.05, 4.69) is 20.7 Å². The lowest BCUT2D eigenvalue weighted by Crippen LogP contribution is -2.30. The van der Waals surface area contributed by atoms with Gasteiger partial charge in [0.05, 0.1) is 22.3 Å². The highest BCUT2D eigenvalue weighted by Crippen LogP contribution is 2.31. The van der Waals surface area contributed by atoms with Crippen LogP contribution in [0.3, 0.4) is 0 Å². The zero-order chi connectivity index (χ0) is 20.0. The number of nitrogens with one attached hydrogen (secondary N) is 1. The molecule has 10 heteroatoms. The third kappa shape index (κ3) is 3.87. The van der Waals surface area contributed by atoms with Gasteiger partial charge in [0.15, 0.2) is 0 Å². The molecule has 27 heavy (non-hydrogen) atoms. The molecule has 1 heterocycles. The SMILES string of the molecule is Cc1cc(N2C(=O)C(C)CS2(=O)=O)ccc1S(=O)(=O)Nc1cccc(Br)c1. The van der Waals surface area contributed by atoms with Crippen molar-refractivity contribution in [2.45, 2.75) is 18.7 Å². The molecule has 1 aliphatic rings. The van der Waals surface area contributed by atoms with Crippen molar-refractivity contribution >= 4 is 53.3 Å². The Labute approximate surface area is 166 Å². The molecule has 1 unspecified atom stereocenters. The number of nitrogens with zero attached hydrogens (tertiary/aromatic N) is 1. The smallest absolute Gasteiger partial charge is 0.262 e. The van der Waals surface area contributed by atoms with Crippen LogP contribution < -0.4 is 9.03 Å². The number of carbonyl (C=O) groups excluding carboxylic acids is 1. The van der Waals surface area contributed by atoms with Crippen LogP contribution in [0.5, 0.6) is 0 Å². The van der Waals surface area contributed by atoms with Gasteiger partial charge in [-0.05, 0) is 48.9 Å². The largest absolute Gasteiger partial charge is 0.280 e. The Morgan fingerprint density at radius 3 is 2.44 bits per heavy atom. The number of halogens is 1. The number of carbonyl (C=O) groups is 1. The molecular weight excluding hydrogens is 456 g/mol. The van der Waals surface area contributed by atoms with Crippen molar-refractivity contribution in [1.29, 1.82) is 0 Å². The van der Waals surface area contributed by atoms with Crippen molar-refractivity contribution < 1.29 is 21.6 Å². The molecule has 1 aliphatic heterocycles. The third-order valence-electron chi connectivity index (χ3n) is 4.12. The summed E-state index contributed by atoms with van der Waals surface area (Å²) in [7, 11) is -7.62. The quantitative estimate of drug-likeness (QED) is 0.736. The number of sulfonamides is 2. The summed E-state index contributed by atoms with van der Waals surface area (Å²) in [6.07, 6.45) is 0. The van der Waals surface area contributed by atoms with Crippen LogP contribution in [-0.4, -0.2) is 28.5 Å². The maximum atomic E-state index is 12.7. The fourth-order valence-electron chi connectivity index (χ4n) is 2.91. The predicted octanol–water partition coefficient (Wildman–Crippen LogP) is 2.87. The molecule has 1 atom stereocenters. The van der Waals surface area contributed by atoms with Gasteiger partial charge >= 0.3 is 0 Å². The van der Waals surface area contributed by atoms with E-state index in [-0.39, 0.29) is 16.3 Å². The average Bonchev–Trinajstić information content (AvgIpc) is 2.74. The van der Waals surface area contributed by atoms with Crippen molar-refractivity contribution in [3.63, 3.8) is 0 Å². The number of hydrogen-bond acceptors (Lipinski definition) is 5. The van der Waals surface area contributed by atoms with E-state index in [1.54, 1.807) is 38.1 Å². The molecule has 0 spiro atoms. The maximum Gasteiger partial charge on any atom is 0.262 e. The minimum atomic E-state index is -3.88. The number of amides is 1. The van der Waals surface area contributed by atoms with Gasteiger partial charge in [0, 0.05) is 10.2 Å². The van der Waals surface area contributed by atoms with Gasteiger partial charge in [-0.3, -0.25) is 9.52 Å². The van der Waals surface area contributed by atoms with Crippen LogP contribution in [0, 0.1) is 12.8 Å². The van der Waals surface area contributed by atoms with Crippen LogP contribution in [0.15, 0.2) is 51.8 Å². The topological polar surface area (TPSA) is 101 Å². The molecule has 7 nitrogen and oxygen atoms in total. The molecule has 2 aromatic carbocycles. The van der Waals surface area contributed by atoms with E-state index >= 15 is 0 Å². The summed E-state index contributed by atoms with van der Waals surface area (Å²) >= 11 is 3.28. The molecule has 1 fully saturated rings. The zero-order valence-electron chi connectivity index (χ0n) is 14.5. The van der Waals surface area contributed by atoms with E-state index in [0.29, 0.717) is 11.3 Å². The molecule has 0 bridgehead atoms. The van der Waals surface area contributed by atoms with Crippen molar-refractivity contribution in [2.75, 3.05) is 14.8 Å². The van der Waals surface area contributed by atoms with Crippen LogP contribution in [0.2, 0.25) is 0 Å². The lowest BCUT2D eigenvalue weighted by Gasteiger charge is -2.17. The average molecular weight is 473 g/mol. The lowest BCUT2D eigenvalue weighted by molar-refractivity contribution is -0.119. The number of benzene rings is 2. The number of hydrogen-bond donors (Lipinski definition) is 1. The first-order valence-electron chi connectivity index (χ1n) is 7.97. The zero-order valence-corrected chi connectivity index (χ0v) is 17.7. The Morgan fingerprint density at radius 2 is 1.89 bits per heavy atom. The van der Waals surface area contributed by atoms with Crippen LogP contribution in [-0.2, 0) is 24.8 Å². The first-order chi connectivity index (χ1) is 12.5. The van der Waals surface area contributed by atoms with Crippen LogP contribution in [0.4, 0.5) is 11.4 Å². The minimum Gasteiger partial charge on any atom is -0.280 e. The van der Waals surface area contributed by atoms with Gasteiger partial charge in [0.2, 0.25) is 15.9 Å². The first kappa shape index (κ1) is 19.8. The number of aryl methyl sites for hydroxylation is 1. The number of rotatable bonds is 4. The molecule has 0 aromatic heterocycles. The predicted molar refractivity (Wildman–Crippen MR) is 107 cm³/mol.